The SMILES string of the molecule is O=C(Cc1cccc(-c2ccc(Cl)c(Cl)c2)c1)Nc1ccc(-n2ccc(=O)[nH]c2=O)cc1F. The minimum absolute atomic E-state index is 0.0235. The summed E-state index contributed by atoms with van der Waals surface area (Å²) in [6, 6.07) is 17.7. The molecule has 0 aliphatic carbocycles. The van der Waals surface area contributed by atoms with E-state index >= 15 is 0 Å². The minimum atomic E-state index is -0.719. The number of carbonyl (C=O) groups excluding carboxylic acids is 1. The minimum Gasteiger partial charge on any atom is -0.323 e. The van der Waals surface area contributed by atoms with Gasteiger partial charge in [-0.05, 0) is 41.0 Å². The Bertz CT molecular complexity index is 1480. The number of carbonyl (C=O) groups is 1. The zero-order valence-corrected chi connectivity index (χ0v) is 18.5. The van der Waals surface area contributed by atoms with Gasteiger partial charge < -0.3 is 5.32 Å². The maximum atomic E-state index is 14.6. The summed E-state index contributed by atoms with van der Waals surface area (Å²) in [5.41, 5.74) is 1.38. The predicted octanol–water partition coefficient (Wildman–Crippen LogP) is 4.82. The van der Waals surface area contributed by atoms with Gasteiger partial charge in [-0.25, -0.2) is 9.18 Å². The van der Waals surface area contributed by atoms with E-state index in [2.05, 4.69) is 10.3 Å². The molecule has 0 bridgehead atoms. The van der Waals surface area contributed by atoms with Crippen molar-refractivity contribution in [1.82, 2.24) is 9.55 Å². The Morgan fingerprint density at radius 3 is 2.45 bits per heavy atom. The number of aromatic nitrogens is 2. The van der Waals surface area contributed by atoms with Crippen LogP contribution in [0.4, 0.5) is 10.1 Å². The van der Waals surface area contributed by atoms with Gasteiger partial charge in [0.2, 0.25) is 5.91 Å². The first-order valence-corrected chi connectivity index (χ1v) is 10.5. The third-order valence-corrected chi connectivity index (χ3v) is 5.61. The Morgan fingerprint density at radius 2 is 1.73 bits per heavy atom. The third kappa shape index (κ3) is 5.22. The average molecular weight is 484 g/mol. The quantitative estimate of drug-likeness (QED) is 0.426. The van der Waals surface area contributed by atoms with Gasteiger partial charge in [-0.2, -0.15) is 0 Å². The Hall–Kier alpha value is -3.68. The summed E-state index contributed by atoms with van der Waals surface area (Å²) >= 11 is 12.1. The molecule has 0 atom stereocenters. The van der Waals surface area contributed by atoms with E-state index in [0.29, 0.717) is 10.0 Å². The van der Waals surface area contributed by atoms with Crippen molar-refractivity contribution in [2.24, 2.45) is 0 Å². The molecule has 1 amide bonds. The van der Waals surface area contributed by atoms with Crippen molar-refractivity contribution in [3.05, 3.63) is 115 Å². The summed E-state index contributed by atoms with van der Waals surface area (Å²) in [4.78, 5) is 37.7. The molecule has 0 radical (unpaired) electrons. The number of H-pyrrole nitrogens is 1. The standard InChI is InChI=1S/C24H16Cl2FN3O3/c25-18-6-4-16(12-19(18)26)15-3-1-2-14(10-15)11-23(32)28-21-7-5-17(13-20(21)27)30-9-8-22(31)29-24(30)33/h1-10,12-13H,11H2,(H,28,32)(H,29,31,33). The van der Waals surface area contributed by atoms with Crippen molar-refractivity contribution < 1.29 is 9.18 Å². The zero-order chi connectivity index (χ0) is 23.5. The molecule has 1 aromatic heterocycles. The van der Waals surface area contributed by atoms with E-state index in [1.165, 1.54) is 18.3 Å². The van der Waals surface area contributed by atoms with Crippen LogP contribution in [0.15, 0.2) is 82.5 Å². The van der Waals surface area contributed by atoms with Crippen LogP contribution in [0.25, 0.3) is 16.8 Å². The van der Waals surface area contributed by atoms with Crippen molar-refractivity contribution >= 4 is 34.8 Å². The summed E-state index contributed by atoms with van der Waals surface area (Å²) < 4.78 is 15.7. The van der Waals surface area contributed by atoms with E-state index < -0.39 is 23.0 Å². The molecule has 0 aliphatic rings. The number of hydrogen-bond donors (Lipinski definition) is 2. The van der Waals surface area contributed by atoms with Gasteiger partial charge in [0.05, 0.1) is 27.8 Å². The number of nitrogens with one attached hydrogen (secondary N) is 2. The number of halogens is 3. The number of anilines is 1. The summed E-state index contributed by atoms with van der Waals surface area (Å²) in [6.07, 6.45) is 1.27. The monoisotopic (exact) mass is 483 g/mol. The molecular formula is C24H16Cl2FN3O3. The number of aromatic amines is 1. The fourth-order valence-corrected chi connectivity index (χ4v) is 3.59. The van der Waals surface area contributed by atoms with Gasteiger partial charge in [0, 0.05) is 18.3 Å². The number of amides is 1. The van der Waals surface area contributed by atoms with E-state index in [0.717, 1.165) is 33.4 Å². The molecule has 166 valence electrons. The van der Waals surface area contributed by atoms with Crippen molar-refractivity contribution in [2.45, 2.75) is 6.42 Å². The van der Waals surface area contributed by atoms with Crippen LogP contribution in [-0.4, -0.2) is 15.5 Å². The normalized spacial score (nSPS) is 10.8. The lowest BCUT2D eigenvalue weighted by atomic mass is 10.0. The van der Waals surface area contributed by atoms with Crippen LogP contribution in [0.2, 0.25) is 10.0 Å². The molecule has 6 nitrogen and oxygen atoms in total. The Kier molecular flexibility index (Phi) is 6.44. The fourth-order valence-electron chi connectivity index (χ4n) is 3.29. The molecule has 33 heavy (non-hydrogen) atoms. The molecule has 0 aliphatic heterocycles. The zero-order valence-electron chi connectivity index (χ0n) is 16.9. The molecule has 0 fully saturated rings. The Balaban J connectivity index is 1.49. The van der Waals surface area contributed by atoms with Crippen LogP contribution in [0.1, 0.15) is 5.56 Å². The van der Waals surface area contributed by atoms with Crippen LogP contribution in [0, 0.1) is 5.82 Å². The highest BCUT2D eigenvalue weighted by Gasteiger charge is 2.11. The van der Waals surface area contributed by atoms with Gasteiger partial charge in [0.25, 0.3) is 5.56 Å². The molecule has 1 heterocycles. The fraction of sp³-hybridized carbons (Fsp3) is 0.0417. The van der Waals surface area contributed by atoms with Crippen LogP contribution >= 0.6 is 23.2 Å². The molecule has 0 spiro atoms. The van der Waals surface area contributed by atoms with Gasteiger partial charge >= 0.3 is 5.69 Å². The predicted molar refractivity (Wildman–Crippen MR) is 127 cm³/mol. The first-order chi connectivity index (χ1) is 15.8. The second kappa shape index (κ2) is 9.44. The number of hydrogen-bond acceptors (Lipinski definition) is 3. The highest BCUT2D eigenvalue weighted by Crippen LogP contribution is 2.29. The number of rotatable bonds is 5. The van der Waals surface area contributed by atoms with Crippen molar-refractivity contribution in [3.8, 4) is 16.8 Å². The van der Waals surface area contributed by atoms with Gasteiger partial charge in [0.15, 0.2) is 0 Å². The van der Waals surface area contributed by atoms with Gasteiger partial charge in [-0.3, -0.25) is 19.1 Å². The third-order valence-electron chi connectivity index (χ3n) is 4.87. The largest absolute Gasteiger partial charge is 0.332 e. The molecule has 3 aromatic carbocycles. The van der Waals surface area contributed by atoms with E-state index in [-0.39, 0.29) is 17.8 Å². The molecular weight excluding hydrogens is 468 g/mol. The lowest BCUT2D eigenvalue weighted by molar-refractivity contribution is -0.115. The van der Waals surface area contributed by atoms with Crippen molar-refractivity contribution in [1.29, 1.82) is 0 Å². The van der Waals surface area contributed by atoms with Gasteiger partial charge in [0.1, 0.15) is 5.82 Å². The lowest BCUT2D eigenvalue weighted by Crippen LogP contribution is -2.27. The van der Waals surface area contributed by atoms with Crippen LogP contribution in [0.5, 0.6) is 0 Å². The maximum Gasteiger partial charge on any atom is 0.332 e. The summed E-state index contributed by atoms with van der Waals surface area (Å²) in [5.74, 6) is -1.13. The number of benzene rings is 3. The summed E-state index contributed by atoms with van der Waals surface area (Å²) in [6.45, 7) is 0. The first-order valence-electron chi connectivity index (χ1n) is 9.76. The van der Waals surface area contributed by atoms with Crippen LogP contribution < -0.4 is 16.6 Å². The van der Waals surface area contributed by atoms with Gasteiger partial charge in [-0.15, -0.1) is 0 Å². The van der Waals surface area contributed by atoms with Gasteiger partial charge in [-0.1, -0.05) is 53.5 Å². The highest BCUT2D eigenvalue weighted by molar-refractivity contribution is 6.42. The molecule has 0 saturated heterocycles. The highest BCUT2D eigenvalue weighted by atomic mass is 35.5. The second-order valence-electron chi connectivity index (χ2n) is 7.20. The summed E-state index contributed by atoms with van der Waals surface area (Å²) in [5, 5.41) is 3.42. The number of nitrogens with zero attached hydrogens (tertiary/aromatic N) is 1. The van der Waals surface area contributed by atoms with Crippen molar-refractivity contribution in [3.63, 3.8) is 0 Å². The second-order valence-corrected chi connectivity index (χ2v) is 8.01. The molecule has 4 aromatic rings. The van der Waals surface area contributed by atoms with Crippen LogP contribution in [0.3, 0.4) is 0 Å². The topological polar surface area (TPSA) is 84.0 Å². The van der Waals surface area contributed by atoms with E-state index in [1.807, 2.05) is 24.3 Å². The summed E-state index contributed by atoms with van der Waals surface area (Å²) in [7, 11) is 0. The molecule has 9 heteroatoms. The smallest absolute Gasteiger partial charge is 0.323 e. The van der Waals surface area contributed by atoms with E-state index in [4.69, 9.17) is 23.2 Å². The Labute approximate surface area is 197 Å². The van der Waals surface area contributed by atoms with E-state index in [9.17, 15) is 18.8 Å². The first kappa shape index (κ1) is 22.5. The molecule has 0 saturated carbocycles. The van der Waals surface area contributed by atoms with E-state index in [1.54, 1.807) is 18.2 Å². The lowest BCUT2D eigenvalue weighted by Gasteiger charge is -2.10. The molecule has 2 N–H and O–H groups in total. The Morgan fingerprint density at radius 1 is 0.939 bits per heavy atom. The molecule has 4 rings (SSSR count). The average Bonchev–Trinajstić information content (AvgIpc) is 2.77. The van der Waals surface area contributed by atoms with Crippen molar-refractivity contribution in [2.75, 3.05) is 5.32 Å². The molecule has 0 unspecified atom stereocenters. The maximum absolute atomic E-state index is 14.6. The van der Waals surface area contributed by atoms with Crippen LogP contribution in [-0.2, 0) is 11.2 Å².